The van der Waals surface area contributed by atoms with Crippen LogP contribution in [0.4, 0.5) is 0 Å². The van der Waals surface area contributed by atoms with Gasteiger partial charge < -0.3 is 9.84 Å². The molecule has 1 atom stereocenters. The zero-order chi connectivity index (χ0) is 7.78. The Labute approximate surface area is 57.8 Å². The second kappa shape index (κ2) is 2.05. The van der Waals surface area contributed by atoms with E-state index in [1.54, 1.807) is 0 Å². The van der Waals surface area contributed by atoms with Gasteiger partial charge in [-0.15, -0.1) is 0 Å². The Kier molecular flexibility index (Phi) is 1.48. The van der Waals surface area contributed by atoms with Gasteiger partial charge in [0.05, 0.1) is 0 Å². The van der Waals surface area contributed by atoms with Crippen LogP contribution in [0.5, 0.6) is 0 Å². The van der Waals surface area contributed by atoms with E-state index >= 15 is 0 Å². The lowest BCUT2D eigenvalue weighted by atomic mass is 10.0. The van der Waals surface area contributed by atoms with E-state index in [1.807, 2.05) is 0 Å². The minimum atomic E-state index is -1.27. The summed E-state index contributed by atoms with van der Waals surface area (Å²) >= 11 is 0. The summed E-state index contributed by atoms with van der Waals surface area (Å²) in [7, 11) is 0. The van der Waals surface area contributed by atoms with Gasteiger partial charge in [0, 0.05) is 6.42 Å². The van der Waals surface area contributed by atoms with Crippen LogP contribution in [-0.4, -0.2) is 29.1 Å². The molecule has 0 saturated carbocycles. The van der Waals surface area contributed by atoms with Crippen LogP contribution < -0.4 is 0 Å². The number of carbonyl (C=O) groups is 2. The number of carboxylic acids is 1. The highest BCUT2D eigenvalue weighted by Gasteiger charge is 2.42. The summed E-state index contributed by atoms with van der Waals surface area (Å²) < 4.78 is 4.77. The van der Waals surface area contributed by atoms with Crippen LogP contribution in [-0.2, 0) is 14.3 Å². The van der Waals surface area contributed by atoms with E-state index in [0.717, 1.165) is 0 Å². The smallest absolute Gasteiger partial charge is 0.336 e. The number of hydrogen-bond acceptors (Lipinski definition) is 3. The molecule has 0 aromatic heterocycles. The molecule has 1 saturated heterocycles. The average molecular weight is 144 g/mol. The number of Topliss-reactive ketones (excluding diaryl/α,β-unsaturated/α-hetero) is 1. The van der Waals surface area contributed by atoms with Gasteiger partial charge in [-0.05, 0) is 6.92 Å². The summed E-state index contributed by atoms with van der Waals surface area (Å²) in [6, 6.07) is 0. The van der Waals surface area contributed by atoms with Gasteiger partial charge in [0.1, 0.15) is 6.61 Å². The lowest BCUT2D eigenvalue weighted by Gasteiger charge is -2.14. The Bertz CT molecular complexity index is 186. The summed E-state index contributed by atoms with van der Waals surface area (Å²) in [4.78, 5) is 21.0. The lowest BCUT2D eigenvalue weighted by molar-refractivity contribution is -0.157. The third kappa shape index (κ3) is 1.02. The monoisotopic (exact) mass is 144 g/mol. The van der Waals surface area contributed by atoms with Crippen LogP contribution in [0.15, 0.2) is 0 Å². The predicted molar refractivity (Wildman–Crippen MR) is 31.6 cm³/mol. The molecule has 1 unspecified atom stereocenters. The van der Waals surface area contributed by atoms with Crippen molar-refractivity contribution in [3.8, 4) is 0 Å². The van der Waals surface area contributed by atoms with E-state index in [-0.39, 0.29) is 18.8 Å². The zero-order valence-corrected chi connectivity index (χ0v) is 5.59. The Hall–Kier alpha value is -0.900. The summed E-state index contributed by atoms with van der Waals surface area (Å²) in [5, 5.41) is 8.51. The molecule has 1 N–H and O–H groups in total. The molecule has 4 nitrogen and oxygen atoms in total. The van der Waals surface area contributed by atoms with E-state index in [0.29, 0.717) is 0 Å². The predicted octanol–water partition coefficient (Wildman–Crippen LogP) is -0.181. The first kappa shape index (κ1) is 7.21. The van der Waals surface area contributed by atoms with Gasteiger partial charge in [-0.2, -0.15) is 0 Å². The van der Waals surface area contributed by atoms with E-state index < -0.39 is 11.6 Å². The Morgan fingerprint density at radius 3 is 2.60 bits per heavy atom. The maximum Gasteiger partial charge on any atom is 0.336 e. The van der Waals surface area contributed by atoms with Gasteiger partial charge in [-0.1, -0.05) is 0 Å². The molecule has 0 spiro atoms. The molecule has 0 aromatic carbocycles. The molecule has 0 radical (unpaired) electrons. The van der Waals surface area contributed by atoms with Crippen LogP contribution in [0.2, 0.25) is 0 Å². The van der Waals surface area contributed by atoms with Crippen molar-refractivity contribution in [3.05, 3.63) is 0 Å². The van der Waals surface area contributed by atoms with Crippen molar-refractivity contribution in [1.82, 2.24) is 0 Å². The van der Waals surface area contributed by atoms with Crippen molar-refractivity contribution in [2.45, 2.75) is 18.9 Å². The summed E-state index contributed by atoms with van der Waals surface area (Å²) in [6.45, 7) is 1.34. The minimum absolute atomic E-state index is 0.0116. The van der Waals surface area contributed by atoms with Crippen LogP contribution in [0.3, 0.4) is 0 Å². The third-order valence-corrected chi connectivity index (χ3v) is 1.54. The number of rotatable bonds is 1. The summed E-state index contributed by atoms with van der Waals surface area (Å²) in [5.74, 6) is -1.22. The van der Waals surface area contributed by atoms with E-state index in [9.17, 15) is 9.59 Å². The Morgan fingerprint density at radius 2 is 2.40 bits per heavy atom. The molecule has 10 heavy (non-hydrogen) atoms. The van der Waals surface area contributed by atoms with Gasteiger partial charge >= 0.3 is 5.97 Å². The second-order valence-corrected chi connectivity index (χ2v) is 2.54. The number of carboxylic acid groups (broad SMARTS) is 1. The molecule has 56 valence electrons. The molecular weight excluding hydrogens is 136 g/mol. The molecule has 0 aromatic rings. The van der Waals surface area contributed by atoms with Crippen LogP contribution >= 0.6 is 0 Å². The van der Waals surface area contributed by atoms with Crippen molar-refractivity contribution >= 4 is 11.8 Å². The standard InChI is InChI=1S/C6H8O4/c1-6(5(8)9)2-4(7)3-10-6/h2-3H2,1H3,(H,8,9). The van der Waals surface area contributed by atoms with Crippen molar-refractivity contribution < 1.29 is 19.4 Å². The van der Waals surface area contributed by atoms with Gasteiger partial charge in [-0.25, -0.2) is 4.79 Å². The van der Waals surface area contributed by atoms with Gasteiger partial charge in [0.25, 0.3) is 0 Å². The number of ether oxygens (including phenoxy) is 1. The Morgan fingerprint density at radius 1 is 1.80 bits per heavy atom. The highest BCUT2D eigenvalue weighted by atomic mass is 16.5. The van der Waals surface area contributed by atoms with Crippen LogP contribution in [0.25, 0.3) is 0 Å². The largest absolute Gasteiger partial charge is 0.479 e. The number of aliphatic carboxylic acids is 1. The lowest BCUT2D eigenvalue weighted by Crippen LogP contribution is -2.34. The van der Waals surface area contributed by atoms with Crippen LogP contribution in [0.1, 0.15) is 13.3 Å². The number of carbonyl (C=O) groups excluding carboxylic acids is 1. The maximum absolute atomic E-state index is 10.6. The van der Waals surface area contributed by atoms with Gasteiger partial charge in [0.15, 0.2) is 11.4 Å². The fourth-order valence-corrected chi connectivity index (χ4v) is 0.855. The van der Waals surface area contributed by atoms with E-state index in [4.69, 9.17) is 9.84 Å². The number of hydrogen-bond donors (Lipinski definition) is 1. The summed E-state index contributed by atoms with van der Waals surface area (Å²) in [6.07, 6.45) is -0.0116. The quantitative estimate of drug-likeness (QED) is 0.554. The van der Waals surface area contributed by atoms with Crippen molar-refractivity contribution in [2.75, 3.05) is 6.61 Å². The van der Waals surface area contributed by atoms with Gasteiger partial charge in [0.2, 0.25) is 0 Å². The fourth-order valence-electron chi connectivity index (χ4n) is 0.855. The molecule has 1 aliphatic rings. The maximum atomic E-state index is 10.6. The average Bonchev–Trinajstić information content (AvgIpc) is 2.13. The first-order chi connectivity index (χ1) is 4.54. The molecular formula is C6H8O4. The van der Waals surface area contributed by atoms with E-state index in [1.165, 1.54) is 6.92 Å². The minimum Gasteiger partial charge on any atom is -0.479 e. The van der Waals surface area contributed by atoms with E-state index in [2.05, 4.69) is 0 Å². The highest BCUT2D eigenvalue weighted by molar-refractivity contribution is 5.91. The Balaban J connectivity index is 2.72. The molecule has 1 aliphatic heterocycles. The molecule has 0 bridgehead atoms. The topological polar surface area (TPSA) is 63.6 Å². The first-order valence-corrected chi connectivity index (χ1v) is 2.94. The molecule has 1 heterocycles. The molecule has 4 heteroatoms. The molecule has 0 aliphatic carbocycles. The second-order valence-electron chi connectivity index (χ2n) is 2.54. The number of ketones is 1. The molecule has 1 fully saturated rings. The van der Waals surface area contributed by atoms with Crippen molar-refractivity contribution in [2.24, 2.45) is 0 Å². The normalized spacial score (nSPS) is 32.7. The summed E-state index contributed by atoms with van der Waals surface area (Å²) in [5.41, 5.74) is -1.27. The first-order valence-electron chi connectivity index (χ1n) is 2.94. The molecule has 0 amide bonds. The highest BCUT2D eigenvalue weighted by Crippen LogP contribution is 2.22. The van der Waals surface area contributed by atoms with Gasteiger partial charge in [-0.3, -0.25) is 4.79 Å². The van der Waals surface area contributed by atoms with Crippen molar-refractivity contribution in [3.63, 3.8) is 0 Å². The van der Waals surface area contributed by atoms with Crippen LogP contribution in [0, 0.1) is 0 Å². The SMILES string of the molecule is CC1(C(=O)O)CC(=O)CO1. The zero-order valence-electron chi connectivity index (χ0n) is 5.59. The van der Waals surface area contributed by atoms with Crippen molar-refractivity contribution in [1.29, 1.82) is 0 Å². The fraction of sp³-hybridized carbons (Fsp3) is 0.667. The third-order valence-electron chi connectivity index (χ3n) is 1.54. The molecule has 1 rings (SSSR count).